The fourth-order valence-corrected chi connectivity index (χ4v) is 1.83. The minimum absolute atomic E-state index is 0.278. The van der Waals surface area contributed by atoms with Gasteiger partial charge in [0.1, 0.15) is 5.54 Å². The van der Waals surface area contributed by atoms with Crippen LogP contribution in [0, 0.1) is 13.8 Å². The largest absolute Gasteiger partial charge is 0.467 e. The maximum Gasteiger partial charge on any atom is 0.330 e. The molecule has 1 N–H and O–H groups in total. The summed E-state index contributed by atoms with van der Waals surface area (Å²) in [5, 5.41) is 3.03. The third-order valence-corrected chi connectivity index (χ3v) is 2.89. The van der Waals surface area contributed by atoms with Crippen molar-refractivity contribution in [3.05, 3.63) is 34.9 Å². The highest BCUT2D eigenvalue weighted by Crippen LogP contribution is 2.24. The van der Waals surface area contributed by atoms with E-state index in [4.69, 9.17) is 4.74 Å². The Morgan fingerprint density at radius 3 is 2.12 bits per heavy atom. The normalized spacial score (nSPS) is 14.3. The SMILES string of the molecule is CNC(C)(C(=O)OC)c1cc(C)cc(C)c1. The molecule has 0 spiro atoms. The topological polar surface area (TPSA) is 38.3 Å². The number of rotatable bonds is 3. The Bertz CT molecular complexity index is 381. The molecule has 0 fully saturated rings. The van der Waals surface area contributed by atoms with Crippen LogP contribution < -0.4 is 5.32 Å². The Labute approximate surface area is 96.8 Å². The Hall–Kier alpha value is -1.35. The summed E-state index contributed by atoms with van der Waals surface area (Å²) in [7, 11) is 3.16. The van der Waals surface area contributed by atoms with Gasteiger partial charge in [0.25, 0.3) is 0 Å². The van der Waals surface area contributed by atoms with Crippen LogP contribution in [0.3, 0.4) is 0 Å². The van der Waals surface area contributed by atoms with Crippen LogP contribution in [0.1, 0.15) is 23.6 Å². The minimum atomic E-state index is -0.786. The summed E-state index contributed by atoms with van der Waals surface area (Å²) in [4.78, 5) is 11.8. The molecule has 0 aliphatic heterocycles. The maximum atomic E-state index is 11.8. The second-order valence-corrected chi connectivity index (χ2v) is 4.24. The number of nitrogens with one attached hydrogen (secondary N) is 1. The number of carbonyl (C=O) groups is 1. The van der Waals surface area contributed by atoms with E-state index in [1.54, 1.807) is 7.05 Å². The second-order valence-electron chi connectivity index (χ2n) is 4.24. The molecule has 1 aromatic carbocycles. The lowest BCUT2D eigenvalue weighted by Crippen LogP contribution is -2.45. The number of esters is 1. The molecule has 1 atom stereocenters. The van der Waals surface area contributed by atoms with Crippen molar-refractivity contribution in [1.29, 1.82) is 0 Å². The van der Waals surface area contributed by atoms with E-state index in [0.29, 0.717) is 0 Å². The Morgan fingerprint density at radius 2 is 1.75 bits per heavy atom. The first-order valence-electron chi connectivity index (χ1n) is 5.30. The molecule has 1 rings (SSSR count). The molecule has 0 saturated heterocycles. The lowest BCUT2D eigenvalue weighted by Gasteiger charge is -2.27. The van der Waals surface area contributed by atoms with Gasteiger partial charge < -0.3 is 10.1 Å². The van der Waals surface area contributed by atoms with E-state index >= 15 is 0 Å². The summed E-state index contributed by atoms with van der Waals surface area (Å²) in [6.45, 7) is 5.86. The molecule has 0 saturated carbocycles. The third-order valence-electron chi connectivity index (χ3n) is 2.89. The minimum Gasteiger partial charge on any atom is -0.467 e. The van der Waals surface area contributed by atoms with E-state index in [1.165, 1.54) is 7.11 Å². The van der Waals surface area contributed by atoms with Gasteiger partial charge in [-0.05, 0) is 33.4 Å². The van der Waals surface area contributed by atoms with E-state index in [9.17, 15) is 4.79 Å². The molecule has 3 nitrogen and oxygen atoms in total. The summed E-state index contributed by atoms with van der Waals surface area (Å²) in [5.41, 5.74) is 2.42. The van der Waals surface area contributed by atoms with Crippen molar-refractivity contribution in [3.63, 3.8) is 0 Å². The fraction of sp³-hybridized carbons (Fsp3) is 0.462. The van der Waals surface area contributed by atoms with Gasteiger partial charge in [-0.25, -0.2) is 4.79 Å². The first kappa shape index (κ1) is 12.7. The molecule has 0 heterocycles. The number of likely N-dealkylation sites (N-methyl/N-ethyl adjacent to an activating group) is 1. The summed E-state index contributed by atoms with van der Waals surface area (Å²) in [6, 6.07) is 6.08. The van der Waals surface area contributed by atoms with E-state index < -0.39 is 5.54 Å². The third kappa shape index (κ3) is 2.25. The van der Waals surface area contributed by atoms with E-state index in [1.807, 2.05) is 32.9 Å². The number of hydrogen-bond acceptors (Lipinski definition) is 3. The van der Waals surface area contributed by atoms with Gasteiger partial charge in [0.15, 0.2) is 0 Å². The molecule has 1 unspecified atom stereocenters. The van der Waals surface area contributed by atoms with Crippen molar-refractivity contribution >= 4 is 5.97 Å². The Balaban J connectivity index is 3.27. The average molecular weight is 221 g/mol. The number of aryl methyl sites for hydroxylation is 2. The van der Waals surface area contributed by atoms with Crippen molar-refractivity contribution in [2.24, 2.45) is 0 Å². The fourth-order valence-electron chi connectivity index (χ4n) is 1.83. The molecular weight excluding hydrogens is 202 g/mol. The maximum absolute atomic E-state index is 11.8. The van der Waals surface area contributed by atoms with Gasteiger partial charge in [-0.1, -0.05) is 29.3 Å². The Kier molecular flexibility index (Phi) is 3.70. The summed E-state index contributed by atoms with van der Waals surface area (Å²) in [5.74, 6) is -0.278. The molecule has 0 amide bonds. The number of methoxy groups -OCH3 is 1. The molecule has 88 valence electrons. The first-order valence-corrected chi connectivity index (χ1v) is 5.30. The van der Waals surface area contributed by atoms with Crippen LogP contribution in [-0.2, 0) is 15.1 Å². The molecule has 3 heteroatoms. The zero-order valence-corrected chi connectivity index (χ0v) is 10.5. The number of carbonyl (C=O) groups excluding carboxylic acids is 1. The van der Waals surface area contributed by atoms with Gasteiger partial charge >= 0.3 is 5.97 Å². The molecule has 0 aliphatic carbocycles. The van der Waals surface area contributed by atoms with Gasteiger partial charge in [0.05, 0.1) is 7.11 Å². The van der Waals surface area contributed by atoms with Gasteiger partial charge in [-0.3, -0.25) is 0 Å². The van der Waals surface area contributed by atoms with Crippen LogP contribution in [0.15, 0.2) is 18.2 Å². The quantitative estimate of drug-likeness (QED) is 0.792. The van der Waals surface area contributed by atoms with Crippen LogP contribution >= 0.6 is 0 Å². The van der Waals surface area contributed by atoms with Crippen molar-refractivity contribution in [2.45, 2.75) is 26.3 Å². The van der Waals surface area contributed by atoms with Crippen LogP contribution in [-0.4, -0.2) is 20.1 Å². The molecule has 16 heavy (non-hydrogen) atoms. The highest BCUT2D eigenvalue weighted by molar-refractivity contribution is 5.82. The summed E-state index contributed by atoms with van der Waals surface area (Å²) < 4.78 is 4.84. The van der Waals surface area contributed by atoms with Crippen molar-refractivity contribution in [3.8, 4) is 0 Å². The molecule has 0 aliphatic rings. The lowest BCUT2D eigenvalue weighted by molar-refractivity contribution is -0.148. The summed E-state index contributed by atoms with van der Waals surface area (Å²) in [6.07, 6.45) is 0. The van der Waals surface area contributed by atoms with E-state index in [-0.39, 0.29) is 5.97 Å². The van der Waals surface area contributed by atoms with Crippen molar-refractivity contribution < 1.29 is 9.53 Å². The predicted octanol–water partition coefficient (Wildman–Crippen LogP) is 1.91. The number of benzene rings is 1. The molecule has 0 bridgehead atoms. The standard InChI is InChI=1S/C13H19NO2/c1-9-6-10(2)8-11(7-9)13(3,14-4)12(15)16-5/h6-8,14H,1-5H3. The smallest absolute Gasteiger partial charge is 0.330 e. The summed E-state index contributed by atoms with van der Waals surface area (Å²) >= 11 is 0. The molecular formula is C13H19NO2. The Morgan fingerprint density at radius 1 is 1.25 bits per heavy atom. The number of ether oxygens (including phenoxy) is 1. The zero-order valence-electron chi connectivity index (χ0n) is 10.5. The second kappa shape index (κ2) is 4.66. The molecule has 0 radical (unpaired) electrons. The highest BCUT2D eigenvalue weighted by atomic mass is 16.5. The van der Waals surface area contributed by atoms with Crippen LogP contribution in [0.5, 0.6) is 0 Å². The highest BCUT2D eigenvalue weighted by Gasteiger charge is 2.34. The predicted molar refractivity (Wildman–Crippen MR) is 64.3 cm³/mol. The van der Waals surface area contributed by atoms with E-state index in [2.05, 4.69) is 11.4 Å². The van der Waals surface area contributed by atoms with Crippen LogP contribution in [0.2, 0.25) is 0 Å². The lowest BCUT2D eigenvalue weighted by atomic mass is 9.90. The monoisotopic (exact) mass is 221 g/mol. The van der Waals surface area contributed by atoms with E-state index in [0.717, 1.165) is 16.7 Å². The van der Waals surface area contributed by atoms with Gasteiger partial charge in [-0.2, -0.15) is 0 Å². The molecule has 0 aromatic heterocycles. The zero-order chi connectivity index (χ0) is 12.3. The van der Waals surface area contributed by atoms with Crippen LogP contribution in [0.4, 0.5) is 0 Å². The number of hydrogen-bond donors (Lipinski definition) is 1. The van der Waals surface area contributed by atoms with Crippen LogP contribution in [0.25, 0.3) is 0 Å². The first-order chi connectivity index (χ1) is 7.43. The average Bonchev–Trinajstić information content (AvgIpc) is 2.25. The van der Waals surface area contributed by atoms with Crippen molar-refractivity contribution in [2.75, 3.05) is 14.2 Å². The van der Waals surface area contributed by atoms with Gasteiger partial charge in [0.2, 0.25) is 0 Å². The van der Waals surface area contributed by atoms with Gasteiger partial charge in [0, 0.05) is 0 Å². The van der Waals surface area contributed by atoms with Crippen molar-refractivity contribution in [1.82, 2.24) is 5.32 Å². The molecule has 1 aromatic rings. The van der Waals surface area contributed by atoms with Gasteiger partial charge in [-0.15, -0.1) is 0 Å².